The first kappa shape index (κ1) is 29.2. The average molecular weight is 598 g/mol. The van der Waals surface area contributed by atoms with Crippen LogP contribution in [0.5, 0.6) is 17.2 Å². The zero-order chi connectivity index (χ0) is 30.0. The van der Waals surface area contributed by atoms with Crippen LogP contribution in [0.4, 0.5) is 4.39 Å². The number of ether oxygens (including phenoxy) is 4. The van der Waals surface area contributed by atoms with Gasteiger partial charge in [0.05, 0.1) is 17.4 Å². The van der Waals surface area contributed by atoms with Crippen LogP contribution in [0.3, 0.4) is 0 Å². The number of fused-ring (bicyclic) bond motifs is 1. The Labute approximate surface area is 242 Å². The molecule has 5 rings (SSSR count). The van der Waals surface area contributed by atoms with Crippen molar-refractivity contribution in [2.75, 3.05) is 13.2 Å². The molecule has 12 heteroatoms. The first-order chi connectivity index (χ1) is 20.0. The maximum Gasteiger partial charge on any atom is 0.325 e. The van der Waals surface area contributed by atoms with Gasteiger partial charge >= 0.3 is 17.9 Å². The van der Waals surface area contributed by atoms with Gasteiger partial charge < -0.3 is 18.9 Å². The van der Waals surface area contributed by atoms with E-state index in [2.05, 4.69) is 0 Å². The molecule has 0 N–H and O–H groups in total. The fourth-order valence-electron chi connectivity index (χ4n) is 5.16. The predicted octanol–water partition coefficient (Wildman–Crippen LogP) is 4.29. The van der Waals surface area contributed by atoms with Crippen LogP contribution in [-0.2, 0) is 29.1 Å². The molecule has 2 heterocycles. The number of rotatable bonds is 7. The number of hydrogen-bond donors (Lipinski definition) is 0. The Balaban J connectivity index is 1.45. The third-order valence-corrected chi connectivity index (χ3v) is 8.97. The molecule has 2 unspecified atom stereocenters. The zero-order valence-electron chi connectivity index (χ0n) is 22.8. The van der Waals surface area contributed by atoms with Crippen LogP contribution in [0.2, 0.25) is 0 Å². The second-order valence-electron chi connectivity index (χ2n) is 9.96. The van der Waals surface area contributed by atoms with E-state index >= 15 is 0 Å². The SMILES string of the molecule is CC(=O)Oc1ccc(C2COc3cc(OC(C)=O)ccc3C2OC(=O)[C@@H]2CCCN2S(=O)(=O)c2ccc(F)cc2)cc1. The van der Waals surface area contributed by atoms with Crippen molar-refractivity contribution in [2.45, 2.75) is 49.6 Å². The summed E-state index contributed by atoms with van der Waals surface area (Å²) in [5, 5.41) is 0. The second-order valence-corrected chi connectivity index (χ2v) is 11.8. The van der Waals surface area contributed by atoms with Crippen LogP contribution in [-0.4, -0.2) is 49.8 Å². The van der Waals surface area contributed by atoms with Crippen molar-refractivity contribution >= 4 is 27.9 Å². The highest BCUT2D eigenvalue weighted by molar-refractivity contribution is 7.89. The van der Waals surface area contributed by atoms with Crippen LogP contribution in [0, 0.1) is 5.82 Å². The van der Waals surface area contributed by atoms with E-state index in [4.69, 9.17) is 18.9 Å². The van der Waals surface area contributed by atoms with Gasteiger partial charge in [0.1, 0.15) is 35.2 Å². The van der Waals surface area contributed by atoms with Crippen LogP contribution in [0.15, 0.2) is 71.6 Å². The van der Waals surface area contributed by atoms with Crippen molar-refractivity contribution in [1.29, 1.82) is 0 Å². The highest BCUT2D eigenvalue weighted by Gasteiger charge is 2.43. The molecule has 3 atom stereocenters. The van der Waals surface area contributed by atoms with Gasteiger partial charge in [0.25, 0.3) is 0 Å². The number of carbonyl (C=O) groups excluding carboxylic acids is 3. The molecule has 220 valence electrons. The van der Waals surface area contributed by atoms with E-state index in [1.807, 2.05) is 0 Å². The minimum Gasteiger partial charge on any atom is -0.492 e. The molecule has 1 saturated heterocycles. The Morgan fingerprint density at radius 3 is 2.21 bits per heavy atom. The highest BCUT2D eigenvalue weighted by Crippen LogP contribution is 2.45. The third kappa shape index (κ3) is 6.14. The van der Waals surface area contributed by atoms with Crippen molar-refractivity contribution in [3.05, 3.63) is 83.7 Å². The third-order valence-electron chi connectivity index (χ3n) is 7.05. The minimum absolute atomic E-state index is 0.0869. The molecule has 0 radical (unpaired) electrons. The molecule has 0 saturated carbocycles. The fraction of sp³-hybridized carbons (Fsp3) is 0.300. The molecule has 42 heavy (non-hydrogen) atoms. The highest BCUT2D eigenvalue weighted by atomic mass is 32.2. The monoisotopic (exact) mass is 597 g/mol. The number of halogens is 1. The van der Waals surface area contributed by atoms with Crippen molar-refractivity contribution < 1.29 is 46.1 Å². The number of nitrogens with zero attached hydrogens (tertiary/aromatic N) is 1. The van der Waals surface area contributed by atoms with Gasteiger partial charge in [-0.05, 0) is 66.9 Å². The summed E-state index contributed by atoms with van der Waals surface area (Å²) in [6, 6.07) is 14.7. The normalized spacial score (nSPS) is 20.2. The zero-order valence-corrected chi connectivity index (χ0v) is 23.6. The summed E-state index contributed by atoms with van der Waals surface area (Å²) in [5.41, 5.74) is 1.23. The molecule has 1 fully saturated rings. The molecule has 0 aliphatic carbocycles. The van der Waals surface area contributed by atoms with Gasteiger partial charge in [0.15, 0.2) is 0 Å². The number of benzene rings is 3. The Morgan fingerprint density at radius 1 is 0.905 bits per heavy atom. The van der Waals surface area contributed by atoms with Gasteiger partial charge in [-0.1, -0.05) is 12.1 Å². The summed E-state index contributed by atoms with van der Waals surface area (Å²) in [5.74, 6) is -1.85. The molecule has 2 aliphatic rings. The summed E-state index contributed by atoms with van der Waals surface area (Å²) in [6.45, 7) is 2.76. The van der Waals surface area contributed by atoms with Gasteiger partial charge in [0, 0.05) is 32.0 Å². The number of hydrogen-bond acceptors (Lipinski definition) is 9. The van der Waals surface area contributed by atoms with Gasteiger partial charge in [-0.25, -0.2) is 12.8 Å². The summed E-state index contributed by atoms with van der Waals surface area (Å²) in [7, 11) is -4.10. The molecule has 2 aliphatic heterocycles. The summed E-state index contributed by atoms with van der Waals surface area (Å²) >= 11 is 0. The van der Waals surface area contributed by atoms with E-state index in [-0.39, 0.29) is 30.2 Å². The lowest BCUT2D eigenvalue weighted by Gasteiger charge is -2.35. The van der Waals surface area contributed by atoms with Crippen LogP contribution < -0.4 is 14.2 Å². The van der Waals surface area contributed by atoms with Crippen molar-refractivity contribution in [3.63, 3.8) is 0 Å². The molecule has 0 aromatic heterocycles. The maximum absolute atomic E-state index is 13.7. The lowest BCUT2D eigenvalue weighted by molar-refractivity contribution is -0.156. The molecule has 0 spiro atoms. The number of carbonyl (C=O) groups is 3. The van der Waals surface area contributed by atoms with Gasteiger partial charge in [-0.2, -0.15) is 4.31 Å². The van der Waals surface area contributed by atoms with E-state index in [1.54, 1.807) is 36.4 Å². The molecule has 3 aromatic carbocycles. The van der Waals surface area contributed by atoms with E-state index in [0.29, 0.717) is 23.5 Å². The number of esters is 3. The fourth-order valence-corrected chi connectivity index (χ4v) is 6.81. The standard InChI is InChI=1S/C30H28FNO9S/c1-18(33)39-22-9-5-20(6-10-22)26-17-38-28-16-23(40-19(2)34)11-14-25(28)29(26)41-30(35)27-4-3-15-32(27)42(36,37)24-12-7-21(31)8-13-24/h5-14,16,26-27,29H,3-4,15,17H2,1-2H3/t26?,27-,29?/m0/s1. The Hall–Kier alpha value is -4.29. The lowest BCUT2D eigenvalue weighted by atomic mass is 9.87. The van der Waals surface area contributed by atoms with Crippen LogP contribution >= 0.6 is 0 Å². The smallest absolute Gasteiger partial charge is 0.325 e. The predicted molar refractivity (Wildman–Crippen MR) is 146 cm³/mol. The summed E-state index contributed by atoms with van der Waals surface area (Å²) < 4.78 is 63.6. The molecular formula is C30H28FNO9S. The van der Waals surface area contributed by atoms with E-state index in [0.717, 1.165) is 34.1 Å². The van der Waals surface area contributed by atoms with Crippen LogP contribution in [0.25, 0.3) is 0 Å². The van der Waals surface area contributed by atoms with Gasteiger partial charge in [-0.15, -0.1) is 0 Å². The van der Waals surface area contributed by atoms with E-state index < -0.39 is 51.8 Å². The molecule has 3 aromatic rings. The van der Waals surface area contributed by atoms with Crippen LogP contribution in [0.1, 0.15) is 49.8 Å². The first-order valence-corrected chi connectivity index (χ1v) is 14.7. The van der Waals surface area contributed by atoms with E-state index in [9.17, 15) is 27.2 Å². The lowest BCUT2D eigenvalue weighted by Crippen LogP contribution is -2.42. The van der Waals surface area contributed by atoms with Crippen molar-refractivity contribution in [2.24, 2.45) is 0 Å². The molecule has 0 amide bonds. The number of sulfonamides is 1. The summed E-state index contributed by atoms with van der Waals surface area (Å²) in [6.07, 6.45) is -0.192. The largest absolute Gasteiger partial charge is 0.492 e. The Bertz CT molecular complexity index is 1610. The quantitative estimate of drug-likeness (QED) is 0.290. The Morgan fingerprint density at radius 2 is 1.55 bits per heavy atom. The molecule has 0 bridgehead atoms. The Kier molecular flexibility index (Phi) is 8.28. The van der Waals surface area contributed by atoms with Gasteiger partial charge in [0.2, 0.25) is 10.0 Å². The van der Waals surface area contributed by atoms with Crippen molar-refractivity contribution in [1.82, 2.24) is 4.31 Å². The minimum atomic E-state index is -4.10. The first-order valence-electron chi connectivity index (χ1n) is 13.2. The summed E-state index contributed by atoms with van der Waals surface area (Å²) in [4.78, 5) is 36.4. The molecular weight excluding hydrogens is 569 g/mol. The van der Waals surface area contributed by atoms with E-state index in [1.165, 1.54) is 19.9 Å². The topological polar surface area (TPSA) is 126 Å². The average Bonchev–Trinajstić information content (AvgIpc) is 3.45. The molecule has 10 nitrogen and oxygen atoms in total. The maximum atomic E-state index is 13.7. The second kappa shape index (κ2) is 11.9. The van der Waals surface area contributed by atoms with Crippen molar-refractivity contribution in [3.8, 4) is 17.2 Å². The van der Waals surface area contributed by atoms with Gasteiger partial charge in [-0.3, -0.25) is 14.4 Å².